The third-order valence-corrected chi connectivity index (χ3v) is 9.69. The van der Waals surface area contributed by atoms with Gasteiger partial charge in [-0.05, 0) is 40.7 Å². The number of nitrogens with zero attached hydrogens (tertiary/aromatic N) is 4. The number of amides is 1. The van der Waals surface area contributed by atoms with E-state index in [1.54, 1.807) is 23.1 Å². The molecular formula is C31H33N5OS3. The van der Waals surface area contributed by atoms with E-state index in [1.807, 2.05) is 36.4 Å². The Hall–Kier alpha value is -3.14. The molecular weight excluding hydrogens is 555 g/mol. The lowest BCUT2D eigenvalue weighted by Crippen LogP contribution is -2.18. The quantitative estimate of drug-likeness (QED) is 0.157. The maximum Gasteiger partial charge on any atom is 0.234 e. The molecule has 6 nitrogen and oxygen atoms in total. The second-order valence-corrected chi connectivity index (χ2v) is 13.4. The van der Waals surface area contributed by atoms with Crippen LogP contribution in [-0.2, 0) is 17.1 Å². The van der Waals surface area contributed by atoms with Crippen LogP contribution in [0.4, 0.5) is 5.69 Å². The molecule has 1 amide bonds. The molecule has 0 unspecified atom stereocenters. The minimum atomic E-state index is -0.0420. The first-order valence-electron chi connectivity index (χ1n) is 13.4. The second-order valence-electron chi connectivity index (χ2n) is 10.2. The Morgan fingerprint density at radius 3 is 2.27 bits per heavy atom. The highest BCUT2D eigenvalue weighted by atomic mass is 32.2. The fraction of sp³-hybridized carbons (Fsp3) is 0.290. The zero-order chi connectivity index (χ0) is 28.1. The molecule has 0 saturated carbocycles. The number of rotatable bonds is 11. The second kappa shape index (κ2) is 13.0. The summed E-state index contributed by atoms with van der Waals surface area (Å²) in [5, 5.41) is 13.0. The number of benzene rings is 3. The van der Waals surface area contributed by atoms with E-state index in [4.69, 9.17) is 4.98 Å². The number of hydrogen-bond donors (Lipinski definition) is 1. The molecule has 0 aliphatic carbocycles. The first-order chi connectivity index (χ1) is 19.4. The van der Waals surface area contributed by atoms with Gasteiger partial charge in [0.2, 0.25) is 5.91 Å². The molecule has 0 bridgehead atoms. The molecule has 0 aliphatic heterocycles. The maximum absolute atomic E-state index is 13.2. The monoisotopic (exact) mass is 587 g/mol. The highest BCUT2D eigenvalue weighted by Crippen LogP contribution is 2.34. The van der Waals surface area contributed by atoms with Crippen LogP contribution in [-0.4, -0.2) is 31.4 Å². The van der Waals surface area contributed by atoms with E-state index >= 15 is 0 Å². The predicted molar refractivity (Wildman–Crippen MR) is 169 cm³/mol. The molecule has 2 aromatic heterocycles. The van der Waals surface area contributed by atoms with Gasteiger partial charge in [0.05, 0.1) is 28.3 Å². The summed E-state index contributed by atoms with van der Waals surface area (Å²) < 4.78 is 4.31. The van der Waals surface area contributed by atoms with Crippen LogP contribution in [0.15, 0.2) is 82.3 Å². The van der Waals surface area contributed by atoms with Gasteiger partial charge in [-0.25, -0.2) is 4.98 Å². The number of anilines is 1. The lowest BCUT2D eigenvalue weighted by Gasteiger charge is -2.20. The minimum Gasteiger partial charge on any atom is -0.325 e. The van der Waals surface area contributed by atoms with E-state index in [0.717, 1.165) is 43.2 Å². The van der Waals surface area contributed by atoms with Crippen molar-refractivity contribution in [2.45, 2.75) is 61.3 Å². The summed E-state index contributed by atoms with van der Waals surface area (Å²) >= 11 is 4.78. The number of carbonyl (C=O) groups excluding carboxylic acids is 1. The van der Waals surface area contributed by atoms with Gasteiger partial charge in [-0.3, -0.25) is 4.79 Å². The molecule has 0 spiro atoms. The number of aromatic nitrogens is 4. The van der Waals surface area contributed by atoms with Crippen LogP contribution in [0.25, 0.3) is 10.2 Å². The molecule has 0 atom stereocenters. The zero-order valence-electron chi connectivity index (χ0n) is 23.1. The lowest BCUT2D eigenvalue weighted by molar-refractivity contribution is -0.113. The summed E-state index contributed by atoms with van der Waals surface area (Å²) in [6, 6.07) is 24.8. The predicted octanol–water partition coefficient (Wildman–Crippen LogP) is 8.21. The Labute approximate surface area is 248 Å². The van der Waals surface area contributed by atoms with Gasteiger partial charge in [-0.15, -0.1) is 21.5 Å². The number of carbonyl (C=O) groups is 1. The number of hydrogen-bond acceptors (Lipinski definition) is 7. The van der Waals surface area contributed by atoms with E-state index in [0.29, 0.717) is 24.1 Å². The summed E-state index contributed by atoms with van der Waals surface area (Å²) in [6.07, 6.45) is 0. The summed E-state index contributed by atoms with van der Waals surface area (Å²) in [5.74, 6) is 2.34. The standard InChI is InChI=1S/C31H33N5OS3/c1-20(2)23-13-10-14-24(21(3)4)29(23)33-28(37)19-38-30-35-34-27(36(30)17-22-11-6-5-7-12-22)18-39-31-32-25-15-8-9-16-26(25)40-31/h5-16,20-21H,17-19H2,1-4H3,(H,33,37). The third kappa shape index (κ3) is 6.77. The van der Waals surface area contributed by atoms with Crippen molar-refractivity contribution < 1.29 is 4.79 Å². The number of thioether (sulfide) groups is 2. The van der Waals surface area contributed by atoms with E-state index < -0.39 is 0 Å². The van der Waals surface area contributed by atoms with Crippen molar-refractivity contribution in [3.8, 4) is 0 Å². The van der Waals surface area contributed by atoms with Gasteiger partial charge in [-0.2, -0.15) is 0 Å². The summed E-state index contributed by atoms with van der Waals surface area (Å²) in [5.41, 5.74) is 5.43. The largest absolute Gasteiger partial charge is 0.325 e. The summed E-state index contributed by atoms with van der Waals surface area (Å²) in [6.45, 7) is 9.27. The van der Waals surface area contributed by atoms with E-state index in [9.17, 15) is 4.79 Å². The maximum atomic E-state index is 13.2. The molecule has 2 heterocycles. The van der Waals surface area contributed by atoms with E-state index in [2.05, 4.69) is 84.2 Å². The Morgan fingerprint density at radius 1 is 0.875 bits per heavy atom. The summed E-state index contributed by atoms with van der Waals surface area (Å²) in [4.78, 5) is 18.0. The van der Waals surface area contributed by atoms with Gasteiger partial charge in [0.15, 0.2) is 9.50 Å². The average Bonchev–Trinajstić information content (AvgIpc) is 3.54. The minimum absolute atomic E-state index is 0.0420. The molecule has 9 heteroatoms. The average molecular weight is 588 g/mol. The van der Waals surface area contributed by atoms with Gasteiger partial charge in [0.25, 0.3) is 0 Å². The molecule has 0 fully saturated rings. The Bertz CT molecular complexity index is 1530. The molecule has 206 valence electrons. The molecule has 5 aromatic rings. The highest BCUT2D eigenvalue weighted by Gasteiger charge is 2.19. The molecule has 1 N–H and O–H groups in total. The third-order valence-electron chi connectivity index (χ3n) is 6.55. The number of nitrogens with one attached hydrogen (secondary N) is 1. The van der Waals surface area contributed by atoms with Crippen molar-refractivity contribution >= 4 is 56.7 Å². The van der Waals surface area contributed by atoms with E-state index in [-0.39, 0.29) is 11.7 Å². The smallest absolute Gasteiger partial charge is 0.234 e. The first-order valence-corrected chi connectivity index (χ1v) is 16.2. The van der Waals surface area contributed by atoms with Crippen LogP contribution in [0.5, 0.6) is 0 Å². The number of thiazole rings is 1. The topological polar surface area (TPSA) is 72.7 Å². The summed E-state index contributed by atoms with van der Waals surface area (Å²) in [7, 11) is 0. The van der Waals surface area contributed by atoms with Crippen LogP contribution in [0.2, 0.25) is 0 Å². The highest BCUT2D eigenvalue weighted by molar-refractivity contribution is 8.00. The van der Waals surface area contributed by atoms with Crippen LogP contribution < -0.4 is 5.32 Å². The molecule has 0 radical (unpaired) electrons. The Balaban J connectivity index is 1.33. The lowest BCUT2D eigenvalue weighted by atomic mass is 9.92. The number of fused-ring (bicyclic) bond motifs is 1. The number of para-hydroxylation sites is 2. The van der Waals surface area contributed by atoms with Crippen molar-refractivity contribution in [3.63, 3.8) is 0 Å². The Kier molecular flexibility index (Phi) is 9.24. The molecule has 40 heavy (non-hydrogen) atoms. The van der Waals surface area contributed by atoms with E-state index in [1.165, 1.54) is 16.5 Å². The van der Waals surface area contributed by atoms with Gasteiger partial charge in [0.1, 0.15) is 5.82 Å². The van der Waals surface area contributed by atoms with Crippen molar-refractivity contribution in [1.29, 1.82) is 0 Å². The molecule has 3 aromatic carbocycles. The van der Waals surface area contributed by atoms with Crippen molar-refractivity contribution in [2.75, 3.05) is 11.1 Å². The molecule has 0 aliphatic rings. The van der Waals surface area contributed by atoms with Crippen LogP contribution >= 0.6 is 34.9 Å². The normalized spacial score (nSPS) is 11.6. The van der Waals surface area contributed by atoms with Gasteiger partial charge < -0.3 is 9.88 Å². The molecule has 0 saturated heterocycles. The van der Waals surface area contributed by atoms with Crippen molar-refractivity contribution in [1.82, 2.24) is 19.7 Å². The van der Waals surface area contributed by atoms with Crippen LogP contribution in [0.3, 0.4) is 0 Å². The SMILES string of the molecule is CC(C)c1cccc(C(C)C)c1NC(=O)CSc1nnc(CSc2nc3ccccc3s2)n1Cc1ccccc1. The van der Waals surface area contributed by atoms with Crippen molar-refractivity contribution in [2.24, 2.45) is 0 Å². The fourth-order valence-electron chi connectivity index (χ4n) is 4.50. The zero-order valence-corrected chi connectivity index (χ0v) is 25.6. The van der Waals surface area contributed by atoms with Gasteiger partial charge in [0, 0.05) is 5.69 Å². The first kappa shape index (κ1) is 28.4. The van der Waals surface area contributed by atoms with Crippen LogP contribution in [0, 0.1) is 0 Å². The fourth-order valence-corrected chi connectivity index (χ4v) is 7.26. The Morgan fingerprint density at radius 2 is 1.57 bits per heavy atom. The molecule has 5 rings (SSSR count). The van der Waals surface area contributed by atoms with Gasteiger partial charge in [-0.1, -0.05) is 112 Å². The van der Waals surface area contributed by atoms with Gasteiger partial charge >= 0.3 is 0 Å². The van der Waals surface area contributed by atoms with Crippen LogP contribution in [0.1, 0.15) is 62.0 Å². The van der Waals surface area contributed by atoms with Crippen molar-refractivity contribution in [3.05, 3.63) is 95.3 Å².